The summed E-state index contributed by atoms with van der Waals surface area (Å²) < 4.78 is 1.72. The molecule has 3 nitrogen and oxygen atoms in total. The van der Waals surface area contributed by atoms with Crippen molar-refractivity contribution in [3.05, 3.63) is 64.1 Å². The van der Waals surface area contributed by atoms with E-state index in [1.165, 1.54) is 0 Å². The van der Waals surface area contributed by atoms with E-state index in [9.17, 15) is 0 Å². The molecule has 0 atom stereocenters. The summed E-state index contributed by atoms with van der Waals surface area (Å²) in [4.78, 5) is 0. The molecule has 0 aliphatic heterocycles. The zero-order valence-electron chi connectivity index (χ0n) is 11.3. The van der Waals surface area contributed by atoms with Gasteiger partial charge in [-0.3, -0.25) is 0 Å². The number of para-hydroxylation sites is 1. The monoisotopic (exact) mass is 317 g/mol. The summed E-state index contributed by atoms with van der Waals surface area (Å²) in [5, 5.41) is 5.71. The van der Waals surface area contributed by atoms with Gasteiger partial charge >= 0.3 is 0 Å². The van der Waals surface area contributed by atoms with Crippen LogP contribution in [0.1, 0.15) is 5.56 Å². The van der Waals surface area contributed by atoms with Crippen LogP contribution in [0.5, 0.6) is 0 Å². The van der Waals surface area contributed by atoms with E-state index in [2.05, 4.69) is 5.10 Å². The third-order valence-electron chi connectivity index (χ3n) is 3.29. The average Bonchev–Trinajstić information content (AvgIpc) is 2.81. The fourth-order valence-corrected chi connectivity index (χ4v) is 2.72. The number of benzene rings is 2. The predicted octanol–water partition coefficient (Wildman–Crippen LogP) is 4.74. The molecule has 2 aromatic carbocycles. The fraction of sp³-hybridized carbons (Fsp3) is 0.0625. The van der Waals surface area contributed by atoms with Crippen molar-refractivity contribution in [2.24, 2.45) is 0 Å². The van der Waals surface area contributed by atoms with Gasteiger partial charge in [-0.1, -0.05) is 41.4 Å². The number of halogens is 2. The first-order valence-corrected chi connectivity index (χ1v) is 7.19. The first-order valence-electron chi connectivity index (χ1n) is 6.43. The molecule has 2 N–H and O–H groups in total. The highest BCUT2D eigenvalue weighted by Gasteiger charge is 2.12. The second kappa shape index (κ2) is 5.43. The lowest BCUT2D eigenvalue weighted by molar-refractivity contribution is 0.887. The number of rotatable bonds is 2. The van der Waals surface area contributed by atoms with Gasteiger partial charge in [0.15, 0.2) is 0 Å². The molecule has 0 bridgehead atoms. The SMILES string of the molecule is Cc1ccccc1-n1nc(-c2ccc(Cl)cc2Cl)cc1N. The minimum atomic E-state index is 0.553. The molecule has 0 radical (unpaired) electrons. The highest BCUT2D eigenvalue weighted by Crippen LogP contribution is 2.31. The lowest BCUT2D eigenvalue weighted by Crippen LogP contribution is -2.03. The smallest absolute Gasteiger partial charge is 0.127 e. The Bertz CT molecular complexity index is 809. The van der Waals surface area contributed by atoms with Gasteiger partial charge in [0.2, 0.25) is 0 Å². The van der Waals surface area contributed by atoms with Crippen LogP contribution in [-0.2, 0) is 0 Å². The van der Waals surface area contributed by atoms with E-state index in [1.54, 1.807) is 16.8 Å². The first-order chi connectivity index (χ1) is 10.1. The van der Waals surface area contributed by atoms with Gasteiger partial charge in [0, 0.05) is 16.7 Å². The van der Waals surface area contributed by atoms with E-state index in [4.69, 9.17) is 28.9 Å². The van der Waals surface area contributed by atoms with E-state index in [-0.39, 0.29) is 0 Å². The molecule has 0 saturated carbocycles. The van der Waals surface area contributed by atoms with Crippen molar-refractivity contribution < 1.29 is 0 Å². The Labute approximate surface area is 132 Å². The molecule has 0 amide bonds. The normalized spacial score (nSPS) is 10.8. The lowest BCUT2D eigenvalue weighted by Gasteiger charge is -2.07. The van der Waals surface area contributed by atoms with E-state index >= 15 is 0 Å². The number of hydrogen-bond donors (Lipinski definition) is 1. The van der Waals surface area contributed by atoms with Gasteiger partial charge in [0.25, 0.3) is 0 Å². The van der Waals surface area contributed by atoms with Crippen molar-refractivity contribution in [1.29, 1.82) is 0 Å². The second-order valence-electron chi connectivity index (χ2n) is 4.78. The van der Waals surface area contributed by atoms with Crippen LogP contribution in [0, 0.1) is 6.92 Å². The van der Waals surface area contributed by atoms with Crippen LogP contribution in [0.3, 0.4) is 0 Å². The van der Waals surface area contributed by atoms with E-state index in [1.807, 2.05) is 43.3 Å². The third kappa shape index (κ3) is 2.62. The molecule has 106 valence electrons. The Kier molecular flexibility index (Phi) is 3.62. The van der Waals surface area contributed by atoms with E-state index < -0.39 is 0 Å². The molecule has 21 heavy (non-hydrogen) atoms. The van der Waals surface area contributed by atoms with Gasteiger partial charge in [-0.05, 0) is 36.8 Å². The summed E-state index contributed by atoms with van der Waals surface area (Å²) in [6.07, 6.45) is 0. The van der Waals surface area contributed by atoms with Crippen molar-refractivity contribution in [1.82, 2.24) is 9.78 Å². The average molecular weight is 318 g/mol. The highest BCUT2D eigenvalue weighted by atomic mass is 35.5. The number of aryl methyl sites for hydroxylation is 1. The van der Waals surface area contributed by atoms with Crippen LogP contribution in [0.25, 0.3) is 16.9 Å². The zero-order chi connectivity index (χ0) is 15.0. The molecule has 0 spiro atoms. The predicted molar refractivity (Wildman–Crippen MR) is 88.2 cm³/mol. The summed E-state index contributed by atoms with van der Waals surface area (Å²) in [5.41, 5.74) is 9.66. The molecule has 3 aromatic rings. The Morgan fingerprint density at radius 2 is 1.81 bits per heavy atom. The van der Waals surface area contributed by atoms with Crippen molar-refractivity contribution in [3.8, 4) is 16.9 Å². The fourth-order valence-electron chi connectivity index (χ4n) is 2.22. The molecule has 0 fully saturated rings. The molecule has 3 rings (SSSR count). The second-order valence-corrected chi connectivity index (χ2v) is 5.62. The number of nitrogens with zero attached hydrogens (tertiary/aromatic N) is 2. The van der Waals surface area contributed by atoms with Crippen LogP contribution >= 0.6 is 23.2 Å². The summed E-state index contributed by atoms with van der Waals surface area (Å²) in [6.45, 7) is 2.02. The van der Waals surface area contributed by atoms with E-state index in [0.29, 0.717) is 15.9 Å². The van der Waals surface area contributed by atoms with Gasteiger partial charge < -0.3 is 5.73 Å². The molecule has 0 aliphatic carbocycles. The zero-order valence-corrected chi connectivity index (χ0v) is 12.9. The van der Waals surface area contributed by atoms with Gasteiger partial charge in [0.1, 0.15) is 5.82 Å². The summed E-state index contributed by atoms with van der Waals surface area (Å²) in [5.74, 6) is 0.560. The topological polar surface area (TPSA) is 43.8 Å². The number of hydrogen-bond acceptors (Lipinski definition) is 2. The maximum Gasteiger partial charge on any atom is 0.127 e. The largest absolute Gasteiger partial charge is 0.384 e. The third-order valence-corrected chi connectivity index (χ3v) is 3.84. The standard InChI is InChI=1S/C16H13Cl2N3/c1-10-4-2-3-5-15(10)21-16(19)9-14(20-21)12-7-6-11(17)8-13(12)18/h2-9H,19H2,1H3. The van der Waals surface area contributed by atoms with Crippen LogP contribution in [0.2, 0.25) is 10.0 Å². The molecule has 5 heteroatoms. The maximum atomic E-state index is 6.23. The maximum absolute atomic E-state index is 6.23. The Balaban J connectivity index is 2.12. The summed E-state index contributed by atoms with van der Waals surface area (Å²) in [7, 11) is 0. The quantitative estimate of drug-likeness (QED) is 0.742. The minimum Gasteiger partial charge on any atom is -0.384 e. The van der Waals surface area contributed by atoms with Gasteiger partial charge in [-0.25, -0.2) is 4.68 Å². The number of nitrogen functional groups attached to an aromatic ring is 1. The van der Waals surface area contributed by atoms with Crippen molar-refractivity contribution in [2.75, 3.05) is 5.73 Å². The van der Waals surface area contributed by atoms with Gasteiger partial charge in [-0.2, -0.15) is 5.10 Å². The van der Waals surface area contributed by atoms with Crippen LogP contribution < -0.4 is 5.73 Å². The van der Waals surface area contributed by atoms with Crippen molar-refractivity contribution >= 4 is 29.0 Å². The van der Waals surface area contributed by atoms with Crippen molar-refractivity contribution in [2.45, 2.75) is 6.92 Å². The van der Waals surface area contributed by atoms with Crippen molar-refractivity contribution in [3.63, 3.8) is 0 Å². The Morgan fingerprint density at radius 3 is 2.52 bits per heavy atom. The minimum absolute atomic E-state index is 0.553. The first kappa shape index (κ1) is 14.0. The molecule has 1 heterocycles. The molecule has 0 unspecified atom stereocenters. The van der Waals surface area contributed by atoms with Gasteiger partial charge in [0.05, 0.1) is 16.4 Å². The number of nitrogens with two attached hydrogens (primary N) is 1. The lowest BCUT2D eigenvalue weighted by atomic mass is 10.1. The van der Waals surface area contributed by atoms with E-state index in [0.717, 1.165) is 22.5 Å². The van der Waals surface area contributed by atoms with Crippen LogP contribution in [0.15, 0.2) is 48.5 Å². The van der Waals surface area contributed by atoms with Gasteiger partial charge in [-0.15, -0.1) is 0 Å². The molecular weight excluding hydrogens is 305 g/mol. The Hall–Kier alpha value is -1.97. The summed E-state index contributed by atoms with van der Waals surface area (Å²) in [6, 6.07) is 15.1. The van der Waals surface area contributed by atoms with Crippen LogP contribution in [-0.4, -0.2) is 9.78 Å². The number of aromatic nitrogens is 2. The highest BCUT2D eigenvalue weighted by molar-refractivity contribution is 6.36. The molecular formula is C16H13Cl2N3. The molecule has 0 aliphatic rings. The van der Waals surface area contributed by atoms with Crippen LogP contribution in [0.4, 0.5) is 5.82 Å². The number of anilines is 1. The summed E-state index contributed by atoms with van der Waals surface area (Å²) >= 11 is 12.2. The molecule has 0 saturated heterocycles. The molecule has 1 aromatic heterocycles. The Morgan fingerprint density at radius 1 is 1.05 bits per heavy atom.